The molecule has 3 N–H and O–H groups in total. The van der Waals surface area contributed by atoms with Gasteiger partial charge in [-0.15, -0.1) is 0 Å². The van der Waals surface area contributed by atoms with Gasteiger partial charge >= 0.3 is 0 Å². The molecule has 1 atom stereocenters. The van der Waals surface area contributed by atoms with Crippen LogP contribution >= 0.6 is 23.2 Å². The lowest BCUT2D eigenvalue weighted by atomic mass is 9.67. The Bertz CT molecular complexity index is 401. The van der Waals surface area contributed by atoms with E-state index in [0.29, 0.717) is 16.5 Å². The van der Waals surface area contributed by atoms with Crippen LogP contribution in [0.25, 0.3) is 0 Å². The van der Waals surface area contributed by atoms with Gasteiger partial charge in [0.15, 0.2) is 0 Å². The van der Waals surface area contributed by atoms with Gasteiger partial charge in [-0.05, 0) is 38.0 Å². The summed E-state index contributed by atoms with van der Waals surface area (Å²) in [7, 11) is 0. The van der Waals surface area contributed by atoms with Gasteiger partial charge < -0.3 is 10.8 Å². The monoisotopic (exact) mass is 275 g/mol. The van der Waals surface area contributed by atoms with Crippen LogP contribution in [0.1, 0.15) is 32.8 Å². The molecule has 0 aliphatic carbocycles. The molecule has 96 valence electrons. The van der Waals surface area contributed by atoms with Crippen LogP contribution in [0.5, 0.6) is 0 Å². The molecule has 0 fully saturated rings. The molecule has 0 spiro atoms. The Hall–Kier alpha value is -0.280. The highest BCUT2D eigenvalue weighted by atomic mass is 35.5. The van der Waals surface area contributed by atoms with E-state index in [2.05, 4.69) is 0 Å². The van der Waals surface area contributed by atoms with Crippen LogP contribution in [0, 0.1) is 0 Å². The van der Waals surface area contributed by atoms with Crippen LogP contribution in [-0.4, -0.2) is 17.3 Å². The van der Waals surface area contributed by atoms with E-state index in [0.717, 1.165) is 5.56 Å². The third-order valence-electron chi connectivity index (χ3n) is 3.59. The Morgan fingerprint density at radius 3 is 2.18 bits per heavy atom. The number of aliphatic hydroxyl groups is 1. The summed E-state index contributed by atoms with van der Waals surface area (Å²) in [5.74, 6) is 0. The lowest BCUT2D eigenvalue weighted by Crippen LogP contribution is -2.52. The third kappa shape index (κ3) is 2.94. The van der Waals surface area contributed by atoms with Crippen molar-refractivity contribution in [2.45, 2.75) is 38.1 Å². The lowest BCUT2D eigenvalue weighted by molar-refractivity contribution is 0.190. The molecule has 2 nitrogen and oxygen atoms in total. The first kappa shape index (κ1) is 14.8. The van der Waals surface area contributed by atoms with Crippen molar-refractivity contribution in [3.63, 3.8) is 0 Å². The smallest absolute Gasteiger partial charge is 0.0595 e. The van der Waals surface area contributed by atoms with Crippen LogP contribution in [0.2, 0.25) is 10.0 Å². The van der Waals surface area contributed by atoms with Crippen molar-refractivity contribution in [1.82, 2.24) is 0 Å². The summed E-state index contributed by atoms with van der Waals surface area (Å²) in [4.78, 5) is 0. The Balaban J connectivity index is 3.28. The van der Waals surface area contributed by atoms with Gasteiger partial charge in [0, 0.05) is 17.6 Å². The van der Waals surface area contributed by atoms with Crippen molar-refractivity contribution < 1.29 is 5.11 Å². The van der Waals surface area contributed by atoms with E-state index in [4.69, 9.17) is 28.9 Å². The number of rotatable bonds is 4. The average molecular weight is 276 g/mol. The van der Waals surface area contributed by atoms with E-state index >= 15 is 0 Å². The van der Waals surface area contributed by atoms with Gasteiger partial charge in [-0.2, -0.15) is 0 Å². The van der Waals surface area contributed by atoms with E-state index in [1.165, 1.54) is 0 Å². The van der Waals surface area contributed by atoms with Crippen LogP contribution in [-0.2, 0) is 5.41 Å². The molecular formula is C13H19Cl2NO. The van der Waals surface area contributed by atoms with Gasteiger partial charge in [-0.1, -0.05) is 36.2 Å². The first-order valence-electron chi connectivity index (χ1n) is 5.57. The molecule has 0 bridgehead atoms. The first-order chi connectivity index (χ1) is 7.72. The minimum absolute atomic E-state index is 0.0807. The zero-order valence-corrected chi connectivity index (χ0v) is 11.9. The molecular weight excluding hydrogens is 257 g/mol. The molecule has 17 heavy (non-hydrogen) atoms. The molecule has 0 aromatic heterocycles. The summed E-state index contributed by atoms with van der Waals surface area (Å²) in [5, 5.41) is 10.3. The van der Waals surface area contributed by atoms with Crippen molar-refractivity contribution in [2.24, 2.45) is 5.73 Å². The zero-order valence-electron chi connectivity index (χ0n) is 10.4. The van der Waals surface area contributed by atoms with E-state index < -0.39 is 5.54 Å². The molecule has 4 heteroatoms. The number of nitrogens with two attached hydrogens (primary N) is 1. The fourth-order valence-corrected chi connectivity index (χ4v) is 2.20. The molecule has 0 saturated heterocycles. The Labute approximate surface area is 113 Å². The highest BCUT2D eigenvalue weighted by Crippen LogP contribution is 2.38. The molecule has 1 rings (SSSR count). The fraction of sp³-hybridized carbons (Fsp3) is 0.538. The van der Waals surface area contributed by atoms with Gasteiger partial charge in [-0.3, -0.25) is 0 Å². The number of benzene rings is 1. The maximum atomic E-state index is 9.24. The summed E-state index contributed by atoms with van der Waals surface area (Å²) in [6.45, 7) is 6.01. The Kier molecular flexibility index (Phi) is 4.48. The Morgan fingerprint density at radius 2 is 1.76 bits per heavy atom. The fourth-order valence-electron chi connectivity index (χ4n) is 1.90. The van der Waals surface area contributed by atoms with Gasteiger partial charge in [0.05, 0.1) is 10.0 Å². The highest BCUT2D eigenvalue weighted by molar-refractivity contribution is 6.42. The maximum Gasteiger partial charge on any atom is 0.0595 e. The molecule has 0 heterocycles. The van der Waals surface area contributed by atoms with Gasteiger partial charge in [-0.25, -0.2) is 0 Å². The SMILES string of the molecule is CC(C)(N)C(C)(CCO)c1ccc(Cl)c(Cl)c1. The molecule has 0 amide bonds. The molecule has 1 aromatic rings. The number of aliphatic hydroxyl groups excluding tert-OH is 1. The summed E-state index contributed by atoms with van der Waals surface area (Å²) in [6, 6.07) is 5.51. The van der Waals surface area contributed by atoms with E-state index in [1.54, 1.807) is 6.07 Å². The quantitative estimate of drug-likeness (QED) is 0.885. The van der Waals surface area contributed by atoms with Gasteiger partial charge in [0.2, 0.25) is 0 Å². The van der Waals surface area contributed by atoms with Crippen molar-refractivity contribution in [2.75, 3.05) is 6.61 Å². The van der Waals surface area contributed by atoms with Gasteiger partial charge in [0.25, 0.3) is 0 Å². The topological polar surface area (TPSA) is 46.2 Å². The minimum atomic E-state index is -0.465. The summed E-state index contributed by atoms with van der Waals surface area (Å²) < 4.78 is 0. The summed E-state index contributed by atoms with van der Waals surface area (Å²) in [6.07, 6.45) is 0.578. The molecule has 0 radical (unpaired) electrons. The predicted octanol–water partition coefficient (Wildman–Crippen LogP) is 3.37. The van der Waals surface area contributed by atoms with E-state index in [9.17, 15) is 5.11 Å². The van der Waals surface area contributed by atoms with Crippen LogP contribution < -0.4 is 5.73 Å². The number of hydrogen-bond acceptors (Lipinski definition) is 2. The average Bonchev–Trinajstić information content (AvgIpc) is 2.20. The second kappa shape index (κ2) is 5.15. The molecule has 0 aliphatic heterocycles. The summed E-state index contributed by atoms with van der Waals surface area (Å²) in [5.41, 5.74) is 6.41. The number of hydrogen-bond donors (Lipinski definition) is 2. The van der Waals surface area contributed by atoms with Crippen molar-refractivity contribution in [3.8, 4) is 0 Å². The largest absolute Gasteiger partial charge is 0.396 e. The second-order valence-electron chi connectivity index (χ2n) is 5.16. The normalized spacial score (nSPS) is 15.7. The standard InChI is InChI=1S/C13H19Cl2NO/c1-12(2,16)13(3,6-7-17)9-4-5-10(14)11(15)8-9/h4-5,8,17H,6-7,16H2,1-3H3. The van der Waals surface area contributed by atoms with Crippen molar-refractivity contribution in [1.29, 1.82) is 0 Å². The molecule has 0 saturated carbocycles. The summed E-state index contributed by atoms with van der Waals surface area (Å²) >= 11 is 11.9. The van der Waals surface area contributed by atoms with Crippen LogP contribution in [0.4, 0.5) is 0 Å². The lowest BCUT2D eigenvalue weighted by Gasteiger charge is -2.42. The molecule has 0 aliphatic rings. The Morgan fingerprint density at radius 1 is 1.18 bits per heavy atom. The molecule has 1 unspecified atom stereocenters. The predicted molar refractivity (Wildman–Crippen MR) is 73.8 cm³/mol. The van der Waals surface area contributed by atoms with E-state index in [1.807, 2.05) is 32.9 Å². The van der Waals surface area contributed by atoms with E-state index in [-0.39, 0.29) is 12.0 Å². The second-order valence-corrected chi connectivity index (χ2v) is 5.97. The molecule has 1 aromatic carbocycles. The first-order valence-corrected chi connectivity index (χ1v) is 6.33. The minimum Gasteiger partial charge on any atom is -0.396 e. The van der Waals surface area contributed by atoms with Crippen LogP contribution in [0.3, 0.4) is 0 Å². The number of halogens is 2. The van der Waals surface area contributed by atoms with Gasteiger partial charge in [0.1, 0.15) is 0 Å². The van der Waals surface area contributed by atoms with Crippen molar-refractivity contribution in [3.05, 3.63) is 33.8 Å². The third-order valence-corrected chi connectivity index (χ3v) is 4.33. The zero-order chi connectivity index (χ0) is 13.3. The maximum absolute atomic E-state index is 9.24. The van der Waals surface area contributed by atoms with Crippen LogP contribution in [0.15, 0.2) is 18.2 Å². The highest BCUT2D eigenvalue weighted by Gasteiger charge is 2.39. The van der Waals surface area contributed by atoms with Crippen molar-refractivity contribution >= 4 is 23.2 Å².